The SMILES string of the molecule is OCCOCCCNCC(O)COc1c(Cl)cccc1Cl. The predicted molar refractivity (Wildman–Crippen MR) is 83.4 cm³/mol. The molecule has 1 atom stereocenters. The smallest absolute Gasteiger partial charge is 0.156 e. The van der Waals surface area contributed by atoms with E-state index in [1.165, 1.54) is 0 Å². The van der Waals surface area contributed by atoms with E-state index in [-0.39, 0.29) is 13.2 Å². The molecule has 21 heavy (non-hydrogen) atoms. The Bertz CT molecular complexity index is 386. The Labute approximate surface area is 134 Å². The highest BCUT2D eigenvalue weighted by atomic mass is 35.5. The molecule has 0 radical (unpaired) electrons. The van der Waals surface area contributed by atoms with Gasteiger partial charge < -0.3 is 25.0 Å². The standard InChI is InChI=1S/C14H21Cl2NO4/c15-12-3-1-4-13(16)14(12)21-10-11(19)9-17-5-2-7-20-8-6-18/h1,3-4,11,17-19H,2,5-10H2. The molecule has 0 spiro atoms. The van der Waals surface area contributed by atoms with Gasteiger partial charge in [0.15, 0.2) is 5.75 Å². The second kappa shape index (κ2) is 11.1. The molecule has 0 bridgehead atoms. The number of hydrogen-bond acceptors (Lipinski definition) is 5. The van der Waals surface area contributed by atoms with Crippen molar-refractivity contribution in [1.82, 2.24) is 5.32 Å². The maximum absolute atomic E-state index is 9.80. The van der Waals surface area contributed by atoms with Crippen molar-refractivity contribution in [2.45, 2.75) is 12.5 Å². The van der Waals surface area contributed by atoms with Gasteiger partial charge in [-0.25, -0.2) is 0 Å². The summed E-state index contributed by atoms with van der Waals surface area (Å²) >= 11 is 11.9. The molecule has 7 heteroatoms. The van der Waals surface area contributed by atoms with Crippen LogP contribution >= 0.6 is 23.2 Å². The zero-order valence-electron chi connectivity index (χ0n) is 11.7. The van der Waals surface area contributed by atoms with Gasteiger partial charge in [-0.3, -0.25) is 0 Å². The summed E-state index contributed by atoms with van der Waals surface area (Å²) in [4.78, 5) is 0. The summed E-state index contributed by atoms with van der Waals surface area (Å²) in [6.45, 7) is 2.20. The van der Waals surface area contributed by atoms with Gasteiger partial charge in [-0.1, -0.05) is 29.3 Å². The van der Waals surface area contributed by atoms with Gasteiger partial charge in [0.1, 0.15) is 12.7 Å². The first-order valence-corrected chi connectivity index (χ1v) is 7.55. The molecule has 0 aliphatic rings. The number of halogens is 2. The molecule has 1 rings (SSSR count). The minimum Gasteiger partial charge on any atom is -0.488 e. The average Bonchev–Trinajstić information content (AvgIpc) is 2.46. The first kappa shape index (κ1) is 18.5. The number of hydrogen-bond donors (Lipinski definition) is 3. The third-order valence-electron chi connectivity index (χ3n) is 2.60. The van der Waals surface area contributed by atoms with Gasteiger partial charge in [-0.2, -0.15) is 0 Å². The van der Waals surface area contributed by atoms with Crippen LogP contribution in [-0.2, 0) is 4.74 Å². The van der Waals surface area contributed by atoms with Crippen molar-refractivity contribution in [3.8, 4) is 5.75 Å². The summed E-state index contributed by atoms with van der Waals surface area (Å²) in [7, 11) is 0. The van der Waals surface area contributed by atoms with Crippen LogP contribution in [0, 0.1) is 0 Å². The van der Waals surface area contributed by atoms with E-state index in [1.807, 2.05) is 0 Å². The monoisotopic (exact) mass is 337 g/mol. The van der Waals surface area contributed by atoms with Crippen LogP contribution in [0.25, 0.3) is 0 Å². The third-order valence-corrected chi connectivity index (χ3v) is 3.19. The number of benzene rings is 1. The summed E-state index contributed by atoms with van der Waals surface area (Å²) in [6, 6.07) is 5.09. The van der Waals surface area contributed by atoms with Crippen molar-refractivity contribution in [2.75, 3.05) is 39.5 Å². The first-order valence-electron chi connectivity index (χ1n) is 6.79. The highest BCUT2D eigenvalue weighted by molar-refractivity contribution is 6.37. The molecular formula is C14H21Cl2NO4. The van der Waals surface area contributed by atoms with Gasteiger partial charge in [0.25, 0.3) is 0 Å². The van der Waals surface area contributed by atoms with E-state index in [9.17, 15) is 5.11 Å². The van der Waals surface area contributed by atoms with Gasteiger partial charge in [0.2, 0.25) is 0 Å². The number of aliphatic hydroxyl groups is 2. The molecule has 0 saturated heterocycles. The number of para-hydroxylation sites is 1. The number of nitrogens with one attached hydrogen (secondary N) is 1. The summed E-state index contributed by atoms with van der Waals surface area (Å²) < 4.78 is 10.5. The molecule has 0 fully saturated rings. The summed E-state index contributed by atoms with van der Waals surface area (Å²) in [5.41, 5.74) is 0. The molecule has 0 amide bonds. The largest absolute Gasteiger partial charge is 0.488 e. The number of ether oxygens (including phenoxy) is 2. The lowest BCUT2D eigenvalue weighted by Crippen LogP contribution is -2.32. The molecule has 0 saturated carbocycles. The molecule has 5 nitrogen and oxygen atoms in total. The second-order valence-corrected chi connectivity index (χ2v) is 5.22. The van der Waals surface area contributed by atoms with Crippen LogP contribution < -0.4 is 10.1 Å². The van der Waals surface area contributed by atoms with Crippen molar-refractivity contribution in [1.29, 1.82) is 0 Å². The van der Waals surface area contributed by atoms with E-state index in [0.29, 0.717) is 35.6 Å². The van der Waals surface area contributed by atoms with Gasteiger partial charge in [0, 0.05) is 13.2 Å². The zero-order valence-corrected chi connectivity index (χ0v) is 13.2. The van der Waals surface area contributed by atoms with Crippen molar-refractivity contribution in [3.63, 3.8) is 0 Å². The fourth-order valence-electron chi connectivity index (χ4n) is 1.59. The third kappa shape index (κ3) is 7.85. The van der Waals surface area contributed by atoms with Crippen LogP contribution in [0.15, 0.2) is 18.2 Å². The van der Waals surface area contributed by atoms with E-state index in [4.69, 9.17) is 37.8 Å². The molecule has 0 aliphatic heterocycles. The van der Waals surface area contributed by atoms with Gasteiger partial charge in [-0.15, -0.1) is 0 Å². The van der Waals surface area contributed by atoms with Crippen LogP contribution in [0.5, 0.6) is 5.75 Å². The van der Waals surface area contributed by atoms with E-state index in [1.54, 1.807) is 18.2 Å². The Balaban J connectivity index is 2.12. The second-order valence-electron chi connectivity index (χ2n) is 4.41. The lowest BCUT2D eigenvalue weighted by atomic mass is 10.3. The Morgan fingerprint density at radius 3 is 2.57 bits per heavy atom. The fraction of sp³-hybridized carbons (Fsp3) is 0.571. The molecular weight excluding hydrogens is 317 g/mol. The Hall–Kier alpha value is -0.560. The molecule has 1 aromatic rings. The maximum Gasteiger partial charge on any atom is 0.156 e. The molecule has 3 N–H and O–H groups in total. The first-order chi connectivity index (χ1) is 10.1. The van der Waals surface area contributed by atoms with Crippen LogP contribution in [0.3, 0.4) is 0 Å². The van der Waals surface area contributed by atoms with E-state index < -0.39 is 6.10 Å². The summed E-state index contributed by atoms with van der Waals surface area (Å²) in [5.74, 6) is 0.386. The van der Waals surface area contributed by atoms with Crippen LogP contribution in [0.1, 0.15) is 6.42 Å². The number of rotatable bonds is 11. The maximum atomic E-state index is 9.80. The summed E-state index contributed by atoms with van der Waals surface area (Å²) in [5, 5.41) is 22.3. The molecule has 0 aliphatic carbocycles. The topological polar surface area (TPSA) is 71.0 Å². The predicted octanol–water partition coefficient (Wildman–Crippen LogP) is 1.72. The quantitative estimate of drug-likeness (QED) is 0.536. The van der Waals surface area contributed by atoms with E-state index >= 15 is 0 Å². The van der Waals surface area contributed by atoms with Gasteiger partial charge in [-0.05, 0) is 25.1 Å². The van der Waals surface area contributed by atoms with Crippen molar-refractivity contribution >= 4 is 23.2 Å². The Morgan fingerprint density at radius 1 is 1.19 bits per heavy atom. The Morgan fingerprint density at radius 2 is 1.90 bits per heavy atom. The summed E-state index contributed by atoms with van der Waals surface area (Å²) in [6.07, 6.45) is 0.153. The lowest BCUT2D eigenvalue weighted by molar-refractivity contribution is 0.0875. The van der Waals surface area contributed by atoms with Crippen molar-refractivity contribution < 1.29 is 19.7 Å². The van der Waals surface area contributed by atoms with Crippen molar-refractivity contribution in [3.05, 3.63) is 28.2 Å². The number of aliphatic hydroxyl groups excluding tert-OH is 2. The molecule has 0 heterocycles. The van der Waals surface area contributed by atoms with Crippen LogP contribution in [0.4, 0.5) is 0 Å². The Kier molecular flexibility index (Phi) is 9.74. The lowest BCUT2D eigenvalue weighted by Gasteiger charge is -2.14. The molecule has 1 unspecified atom stereocenters. The minimum atomic E-state index is -0.657. The average molecular weight is 338 g/mol. The zero-order chi connectivity index (χ0) is 15.5. The molecule has 120 valence electrons. The highest BCUT2D eigenvalue weighted by Crippen LogP contribution is 2.32. The van der Waals surface area contributed by atoms with E-state index in [0.717, 1.165) is 13.0 Å². The van der Waals surface area contributed by atoms with E-state index in [2.05, 4.69) is 5.32 Å². The highest BCUT2D eigenvalue weighted by Gasteiger charge is 2.10. The minimum absolute atomic E-state index is 0.0358. The van der Waals surface area contributed by atoms with Crippen LogP contribution in [-0.4, -0.2) is 55.8 Å². The van der Waals surface area contributed by atoms with Crippen molar-refractivity contribution in [2.24, 2.45) is 0 Å². The molecule has 1 aromatic carbocycles. The normalized spacial score (nSPS) is 12.4. The van der Waals surface area contributed by atoms with Crippen LogP contribution in [0.2, 0.25) is 10.0 Å². The van der Waals surface area contributed by atoms with Gasteiger partial charge in [0.05, 0.1) is 23.3 Å². The fourth-order valence-corrected chi connectivity index (χ4v) is 2.10. The molecule has 0 aromatic heterocycles. The van der Waals surface area contributed by atoms with Gasteiger partial charge >= 0.3 is 0 Å².